The molecule has 3 rings (SSSR count). The van der Waals surface area contributed by atoms with Crippen LogP contribution in [0.25, 0.3) is 17.1 Å². The first kappa shape index (κ1) is 12.6. The summed E-state index contributed by atoms with van der Waals surface area (Å²) in [5, 5.41) is 12.4. The van der Waals surface area contributed by atoms with E-state index in [0.29, 0.717) is 16.5 Å². The predicted octanol–water partition coefficient (Wildman–Crippen LogP) is 2.87. The average molecular weight is 286 g/mol. The van der Waals surface area contributed by atoms with Gasteiger partial charge in [-0.05, 0) is 47.2 Å². The lowest BCUT2D eigenvalue weighted by atomic mass is 10.1. The SMILES string of the molecule is Cc1ccc(Cl)c(-n2nnnc2-c2ccccc2N)c1. The van der Waals surface area contributed by atoms with E-state index >= 15 is 0 Å². The van der Waals surface area contributed by atoms with Crippen LogP contribution < -0.4 is 5.73 Å². The number of anilines is 1. The lowest BCUT2D eigenvalue weighted by Crippen LogP contribution is -2.02. The molecule has 0 radical (unpaired) electrons. The number of nitrogens with zero attached hydrogens (tertiary/aromatic N) is 4. The minimum absolute atomic E-state index is 0.565. The van der Waals surface area contributed by atoms with Gasteiger partial charge in [-0.2, -0.15) is 4.68 Å². The summed E-state index contributed by atoms with van der Waals surface area (Å²) in [7, 11) is 0. The van der Waals surface area contributed by atoms with E-state index in [-0.39, 0.29) is 0 Å². The number of tetrazole rings is 1. The third-order valence-corrected chi connectivity index (χ3v) is 3.32. The van der Waals surface area contributed by atoms with Crippen molar-refractivity contribution in [2.75, 3.05) is 5.73 Å². The molecule has 0 spiro atoms. The molecule has 0 amide bonds. The van der Waals surface area contributed by atoms with Crippen molar-refractivity contribution < 1.29 is 0 Å². The molecule has 6 heteroatoms. The highest BCUT2D eigenvalue weighted by Crippen LogP contribution is 2.28. The van der Waals surface area contributed by atoms with Crippen LogP contribution >= 0.6 is 11.6 Å². The van der Waals surface area contributed by atoms with E-state index < -0.39 is 0 Å². The molecule has 100 valence electrons. The highest BCUT2D eigenvalue weighted by molar-refractivity contribution is 6.32. The quantitative estimate of drug-likeness (QED) is 0.735. The predicted molar refractivity (Wildman–Crippen MR) is 78.7 cm³/mol. The van der Waals surface area contributed by atoms with Crippen LogP contribution in [0, 0.1) is 6.92 Å². The molecule has 0 saturated carbocycles. The fraction of sp³-hybridized carbons (Fsp3) is 0.0714. The van der Waals surface area contributed by atoms with Crippen LogP contribution in [0.4, 0.5) is 5.69 Å². The van der Waals surface area contributed by atoms with Gasteiger partial charge in [0.15, 0.2) is 5.82 Å². The summed E-state index contributed by atoms with van der Waals surface area (Å²) < 4.78 is 1.60. The summed E-state index contributed by atoms with van der Waals surface area (Å²) in [6.07, 6.45) is 0. The molecule has 3 aromatic rings. The molecular weight excluding hydrogens is 274 g/mol. The van der Waals surface area contributed by atoms with Gasteiger partial charge in [-0.25, -0.2) is 0 Å². The summed E-state index contributed by atoms with van der Waals surface area (Å²) in [6, 6.07) is 13.1. The Morgan fingerprint density at radius 1 is 1.15 bits per heavy atom. The summed E-state index contributed by atoms with van der Waals surface area (Å²) >= 11 is 6.24. The smallest absolute Gasteiger partial charge is 0.189 e. The Balaban J connectivity index is 2.21. The van der Waals surface area contributed by atoms with E-state index in [4.69, 9.17) is 17.3 Å². The van der Waals surface area contributed by atoms with Crippen molar-refractivity contribution in [2.45, 2.75) is 6.92 Å². The molecule has 1 heterocycles. The molecule has 0 atom stereocenters. The first-order chi connectivity index (χ1) is 9.66. The van der Waals surface area contributed by atoms with Crippen LogP contribution in [0.2, 0.25) is 5.02 Å². The Labute approximate surface area is 121 Å². The fourth-order valence-electron chi connectivity index (χ4n) is 2.00. The van der Waals surface area contributed by atoms with Crippen LogP contribution in [-0.2, 0) is 0 Å². The van der Waals surface area contributed by atoms with E-state index in [1.54, 1.807) is 4.68 Å². The number of halogens is 1. The van der Waals surface area contributed by atoms with E-state index in [2.05, 4.69) is 15.5 Å². The van der Waals surface area contributed by atoms with Gasteiger partial charge in [-0.1, -0.05) is 29.8 Å². The minimum atomic E-state index is 0.565. The lowest BCUT2D eigenvalue weighted by Gasteiger charge is -2.09. The van der Waals surface area contributed by atoms with E-state index in [1.807, 2.05) is 49.4 Å². The summed E-state index contributed by atoms with van der Waals surface area (Å²) in [6.45, 7) is 1.99. The van der Waals surface area contributed by atoms with Crippen LogP contribution in [0.3, 0.4) is 0 Å². The standard InChI is InChI=1S/C14H12ClN5/c1-9-6-7-11(15)13(8-9)20-14(17-18-19-20)10-4-2-3-5-12(10)16/h2-8H,16H2,1H3. The van der Waals surface area contributed by atoms with Gasteiger partial charge in [0.25, 0.3) is 0 Å². The van der Waals surface area contributed by atoms with Crippen molar-refractivity contribution in [3.8, 4) is 17.1 Å². The molecule has 2 N–H and O–H groups in total. The van der Waals surface area contributed by atoms with Crippen molar-refractivity contribution in [3.63, 3.8) is 0 Å². The van der Waals surface area contributed by atoms with E-state index in [9.17, 15) is 0 Å². The topological polar surface area (TPSA) is 69.6 Å². The number of aryl methyl sites for hydroxylation is 1. The van der Waals surface area contributed by atoms with Gasteiger partial charge >= 0.3 is 0 Å². The second-order valence-electron chi connectivity index (χ2n) is 4.46. The number of hydrogen-bond donors (Lipinski definition) is 1. The second kappa shape index (κ2) is 4.94. The number of nitrogens with two attached hydrogens (primary N) is 1. The molecule has 0 bridgehead atoms. The van der Waals surface area contributed by atoms with Crippen LogP contribution in [0.15, 0.2) is 42.5 Å². The van der Waals surface area contributed by atoms with Gasteiger partial charge in [0, 0.05) is 11.3 Å². The maximum absolute atomic E-state index is 6.24. The number of para-hydroxylation sites is 1. The average Bonchev–Trinajstić information content (AvgIpc) is 2.91. The van der Waals surface area contributed by atoms with Crippen molar-refractivity contribution in [2.24, 2.45) is 0 Å². The van der Waals surface area contributed by atoms with Gasteiger partial charge in [0.1, 0.15) is 0 Å². The number of aromatic nitrogens is 4. The van der Waals surface area contributed by atoms with Crippen molar-refractivity contribution >= 4 is 17.3 Å². The molecule has 0 aliphatic carbocycles. The number of hydrogen-bond acceptors (Lipinski definition) is 4. The largest absolute Gasteiger partial charge is 0.398 e. The highest BCUT2D eigenvalue weighted by atomic mass is 35.5. The summed E-state index contributed by atoms with van der Waals surface area (Å²) in [5.74, 6) is 0.565. The first-order valence-electron chi connectivity index (χ1n) is 6.06. The zero-order chi connectivity index (χ0) is 14.1. The number of nitrogen functional groups attached to an aromatic ring is 1. The highest BCUT2D eigenvalue weighted by Gasteiger charge is 2.15. The van der Waals surface area contributed by atoms with Crippen molar-refractivity contribution in [1.82, 2.24) is 20.2 Å². The third-order valence-electron chi connectivity index (χ3n) is 3.00. The van der Waals surface area contributed by atoms with Crippen molar-refractivity contribution in [3.05, 3.63) is 53.1 Å². The molecule has 0 aliphatic heterocycles. The summed E-state index contributed by atoms with van der Waals surface area (Å²) in [5.41, 5.74) is 9.18. The monoisotopic (exact) mass is 285 g/mol. The molecule has 20 heavy (non-hydrogen) atoms. The van der Waals surface area contributed by atoms with Crippen LogP contribution in [0.1, 0.15) is 5.56 Å². The van der Waals surface area contributed by atoms with E-state index in [0.717, 1.165) is 16.8 Å². The Morgan fingerprint density at radius 3 is 2.75 bits per heavy atom. The molecular formula is C14H12ClN5. The minimum Gasteiger partial charge on any atom is -0.398 e. The normalized spacial score (nSPS) is 10.7. The molecule has 0 unspecified atom stereocenters. The van der Waals surface area contributed by atoms with Crippen LogP contribution in [-0.4, -0.2) is 20.2 Å². The zero-order valence-electron chi connectivity index (χ0n) is 10.8. The van der Waals surface area contributed by atoms with Gasteiger partial charge in [0.05, 0.1) is 10.7 Å². The molecule has 0 fully saturated rings. The molecule has 2 aromatic carbocycles. The van der Waals surface area contributed by atoms with Gasteiger partial charge < -0.3 is 5.73 Å². The lowest BCUT2D eigenvalue weighted by molar-refractivity contribution is 0.791. The summed E-state index contributed by atoms with van der Waals surface area (Å²) in [4.78, 5) is 0. The Morgan fingerprint density at radius 2 is 1.95 bits per heavy atom. The number of benzene rings is 2. The molecule has 1 aromatic heterocycles. The second-order valence-corrected chi connectivity index (χ2v) is 4.86. The third kappa shape index (κ3) is 2.12. The molecule has 5 nitrogen and oxygen atoms in total. The zero-order valence-corrected chi connectivity index (χ0v) is 11.5. The van der Waals surface area contributed by atoms with Gasteiger partial charge in [-0.15, -0.1) is 5.10 Å². The van der Waals surface area contributed by atoms with E-state index in [1.165, 1.54) is 0 Å². The Bertz CT molecular complexity index is 766. The fourth-order valence-corrected chi connectivity index (χ4v) is 2.20. The molecule has 0 aliphatic rings. The Hall–Kier alpha value is -2.40. The van der Waals surface area contributed by atoms with Gasteiger partial charge in [-0.3, -0.25) is 0 Å². The maximum atomic E-state index is 6.24. The molecule has 0 saturated heterocycles. The maximum Gasteiger partial charge on any atom is 0.189 e. The first-order valence-corrected chi connectivity index (χ1v) is 6.44. The van der Waals surface area contributed by atoms with Crippen molar-refractivity contribution in [1.29, 1.82) is 0 Å². The Kier molecular flexibility index (Phi) is 3.12. The number of rotatable bonds is 2. The van der Waals surface area contributed by atoms with Crippen LogP contribution in [0.5, 0.6) is 0 Å². The van der Waals surface area contributed by atoms with Gasteiger partial charge in [0.2, 0.25) is 0 Å².